The third-order valence-corrected chi connectivity index (χ3v) is 1.83. The average Bonchev–Trinajstić information content (AvgIpc) is 2.59. The monoisotopic (exact) mass is 203 g/mol. The van der Waals surface area contributed by atoms with Gasteiger partial charge in [-0.3, -0.25) is 4.40 Å². The van der Waals surface area contributed by atoms with Gasteiger partial charge in [0.1, 0.15) is 23.2 Å². The molecule has 0 amide bonds. The molecule has 0 saturated heterocycles. The molecule has 2 N–H and O–H groups in total. The highest BCUT2D eigenvalue weighted by atomic mass is 16.6. The Morgan fingerprint density at radius 2 is 2.27 bits per heavy atom. The van der Waals surface area contributed by atoms with E-state index in [1.807, 2.05) is 6.07 Å². The van der Waals surface area contributed by atoms with Gasteiger partial charge in [0, 0.05) is 0 Å². The minimum absolute atomic E-state index is 0.243. The van der Waals surface area contributed by atoms with E-state index in [2.05, 4.69) is 9.64 Å². The predicted molar refractivity (Wildman–Crippen MR) is 50.7 cm³/mol. The lowest BCUT2D eigenvalue weighted by atomic mass is 10.2. The summed E-state index contributed by atoms with van der Waals surface area (Å²) in [5, 5.41) is 25.9. The molecule has 6 nitrogen and oxygen atoms in total. The number of fused-ring (bicyclic) bond motifs is 1. The van der Waals surface area contributed by atoms with Crippen molar-refractivity contribution in [1.82, 2.24) is 9.38 Å². The van der Waals surface area contributed by atoms with Crippen molar-refractivity contribution in [2.45, 2.75) is 0 Å². The third-order valence-electron chi connectivity index (χ3n) is 1.83. The Morgan fingerprint density at radius 3 is 2.93 bits per heavy atom. The number of nitriles is 1. The van der Waals surface area contributed by atoms with Crippen LogP contribution >= 0.6 is 0 Å². The van der Waals surface area contributed by atoms with Gasteiger partial charge in [-0.15, -0.1) is 0 Å². The van der Waals surface area contributed by atoms with Gasteiger partial charge in [-0.1, -0.05) is 0 Å². The topological polar surface area (TPSA) is 90.8 Å². The molecule has 74 valence electrons. The molecule has 2 aromatic heterocycles. The molecule has 2 rings (SSSR count). The van der Waals surface area contributed by atoms with E-state index in [1.165, 1.54) is 22.9 Å². The zero-order valence-electron chi connectivity index (χ0n) is 7.53. The summed E-state index contributed by atoms with van der Waals surface area (Å²) in [6.45, 7) is 0. The van der Waals surface area contributed by atoms with Gasteiger partial charge in [-0.25, -0.2) is 4.98 Å². The summed E-state index contributed by atoms with van der Waals surface area (Å²) in [6, 6.07) is 5.09. The Balaban J connectivity index is 2.49. The fraction of sp³-hybridized carbons (Fsp3) is 0. The molecule has 0 aliphatic rings. The van der Waals surface area contributed by atoms with Gasteiger partial charge >= 0.3 is 7.32 Å². The van der Waals surface area contributed by atoms with Crippen LogP contribution in [-0.2, 0) is 0 Å². The minimum atomic E-state index is -1.88. The van der Waals surface area contributed by atoms with Gasteiger partial charge in [0.25, 0.3) is 0 Å². The van der Waals surface area contributed by atoms with Crippen molar-refractivity contribution in [3.63, 3.8) is 0 Å². The molecule has 0 saturated carbocycles. The molecule has 0 spiro atoms. The second kappa shape index (κ2) is 3.61. The van der Waals surface area contributed by atoms with Crippen molar-refractivity contribution in [3.05, 3.63) is 30.2 Å². The van der Waals surface area contributed by atoms with Gasteiger partial charge in [0.05, 0.1) is 12.4 Å². The summed E-state index contributed by atoms with van der Waals surface area (Å²) in [7, 11) is -1.88. The highest BCUT2D eigenvalue weighted by molar-refractivity contribution is 6.33. The Morgan fingerprint density at radius 1 is 1.47 bits per heavy atom. The van der Waals surface area contributed by atoms with Crippen LogP contribution in [0.15, 0.2) is 24.5 Å². The van der Waals surface area contributed by atoms with Crippen molar-refractivity contribution in [1.29, 1.82) is 5.26 Å². The maximum atomic E-state index is 8.75. The molecule has 0 aliphatic heterocycles. The Hall–Kier alpha value is -2.04. The smallest absolute Gasteiger partial charge is 0.511 e. The maximum absolute atomic E-state index is 8.75. The van der Waals surface area contributed by atoms with Crippen LogP contribution in [0.3, 0.4) is 0 Å². The van der Waals surface area contributed by atoms with Gasteiger partial charge in [-0.2, -0.15) is 5.26 Å². The zero-order chi connectivity index (χ0) is 10.8. The summed E-state index contributed by atoms with van der Waals surface area (Å²) in [4.78, 5) is 3.97. The molecular weight excluding hydrogens is 197 g/mol. The molecule has 0 radical (unpaired) electrons. The van der Waals surface area contributed by atoms with Crippen LogP contribution in [0.25, 0.3) is 5.65 Å². The van der Waals surface area contributed by atoms with E-state index in [4.69, 9.17) is 15.3 Å². The molecule has 0 fully saturated rings. The average molecular weight is 203 g/mol. The van der Waals surface area contributed by atoms with Crippen molar-refractivity contribution < 1.29 is 14.7 Å². The highest BCUT2D eigenvalue weighted by Gasteiger charge is 2.12. The van der Waals surface area contributed by atoms with Gasteiger partial charge < -0.3 is 14.7 Å². The van der Waals surface area contributed by atoms with E-state index in [-0.39, 0.29) is 5.75 Å². The van der Waals surface area contributed by atoms with E-state index < -0.39 is 7.32 Å². The summed E-state index contributed by atoms with van der Waals surface area (Å²) in [6.07, 6.45) is 2.88. The normalized spacial score (nSPS) is 9.93. The highest BCUT2D eigenvalue weighted by Crippen LogP contribution is 2.14. The van der Waals surface area contributed by atoms with Gasteiger partial charge in [0.15, 0.2) is 0 Å². The first kappa shape index (κ1) is 9.52. The fourth-order valence-electron chi connectivity index (χ4n) is 1.24. The maximum Gasteiger partial charge on any atom is 0.707 e. The molecule has 0 aliphatic carbocycles. The lowest BCUT2D eigenvalue weighted by Crippen LogP contribution is -2.20. The number of rotatable bonds is 2. The molecule has 0 atom stereocenters. The first-order valence-electron chi connectivity index (χ1n) is 4.11. The quantitative estimate of drug-likeness (QED) is 0.645. The van der Waals surface area contributed by atoms with Crippen LogP contribution in [0.4, 0.5) is 0 Å². The fourth-order valence-corrected chi connectivity index (χ4v) is 1.24. The van der Waals surface area contributed by atoms with Gasteiger partial charge in [0.2, 0.25) is 0 Å². The van der Waals surface area contributed by atoms with E-state index in [0.29, 0.717) is 11.3 Å². The van der Waals surface area contributed by atoms with E-state index in [1.54, 1.807) is 6.07 Å². The van der Waals surface area contributed by atoms with E-state index >= 15 is 0 Å². The summed E-state index contributed by atoms with van der Waals surface area (Å²) in [5.74, 6) is 0.243. The Bertz CT molecular complexity index is 531. The van der Waals surface area contributed by atoms with Crippen molar-refractivity contribution >= 4 is 13.0 Å². The van der Waals surface area contributed by atoms with Crippen LogP contribution in [0.1, 0.15) is 5.69 Å². The largest absolute Gasteiger partial charge is 0.707 e. The SMILES string of the molecule is N#Cc1cnc2ccc(OB(O)O)cn12. The number of hydrogen-bond donors (Lipinski definition) is 2. The van der Waals surface area contributed by atoms with Crippen LogP contribution < -0.4 is 4.65 Å². The number of pyridine rings is 1. The van der Waals surface area contributed by atoms with Crippen molar-refractivity contribution in [2.75, 3.05) is 0 Å². The summed E-state index contributed by atoms with van der Waals surface area (Å²) < 4.78 is 6.14. The lowest BCUT2D eigenvalue weighted by Gasteiger charge is -2.04. The zero-order valence-corrected chi connectivity index (χ0v) is 7.53. The number of nitrogens with zero attached hydrogens (tertiary/aromatic N) is 3. The Kier molecular flexibility index (Phi) is 2.29. The number of imidazole rings is 1. The van der Waals surface area contributed by atoms with Gasteiger partial charge in [-0.05, 0) is 12.1 Å². The van der Waals surface area contributed by atoms with Crippen molar-refractivity contribution in [2.24, 2.45) is 0 Å². The van der Waals surface area contributed by atoms with E-state index in [9.17, 15) is 0 Å². The number of aromatic nitrogens is 2. The molecule has 7 heteroatoms. The van der Waals surface area contributed by atoms with Crippen LogP contribution in [-0.4, -0.2) is 26.8 Å². The Labute approximate surface area is 85.2 Å². The molecule has 0 aromatic carbocycles. The molecule has 0 unspecified atom stereocenters. The van der Waals surface area contributed by atoms with Crippen molar-refractivity contribution in [3.8, 4) is 11.8 Å². The molecule has 2 aromatic rings. The first-order valence-corrected chi connectivity index (χ1v) is 4.11. The first-order chi connectivity index (χ1) is 7.20. The summed E-state index contributed by atoms with van der Waals surface area (Å²) in [5.41, 5.74) is 0.939. The lowest BCUT2D eigenvalue weighted by molar-refractivity contribution is 0.287. The third kappa shape index (κ3) is 1.76. The molecule has 2 heterocycles. The molecular formula is C8H6BN3O3. The standard InChI is InChI=1S/C8H6BN3O3/c10-3-6-4-11-8-2-1-7(5-12(6)8)15-9(13)14/h1-2,4-5,13-14H. The predicted octanol–water partition coefficient (Wildman–Crippen LogP) is -0.446. The molecule has 0 bridgehead atoms. The number of hydrogen-bond acceptors (Lipinski definition) is 5. The van der Waals surface area contributed by atoms with E-state index in [0.717, 1.165) is 0 Å². The molecule has 15 heavy (non-hydrogen) atoms. The second-order valence-electron chi connectivity index (χ2n) is 2.79. The summed E-state index contributed by atoms with van der Waals surface area (Å²) >= 11 is 0. The van der Waals surface area contributed by atoms with Crippen LogP contribution in [0.5, 0.6) is 5.75 Å². The van der Waals surface area contributed by atoms with Crippen LogP contribution in [0.2, 0.25) is 0 Å². The van der Waals surface area contributed by atoms with Crippen LogP contribution in [0, 0.1) is 11.3 Å². The second-order valence-corrected chi connectivity index (χ2v) is 2.79. The minimum Gasteiger partial charge on any atom is -0.511 e.